The number of methoxy groups -OCH3 is 3. The van der Waals surface area contributed by atoms with Crippen molar-refractivity contribution in [1.29, 1.82) is 0 Å². The Kier molecular flexibility index (Phi) is 5.84. The molecule has 0 spiro atoms. The van der Waals surface area contributed by atoms with Crippen LogP contribution in [-0.4, -0.2) is 39.8 Å². The van der Waals surface area contributed by atoms with E-state index in [-0.39, 0.29) is 11.6 Å². The van der Waals surface area contributed by atoms with Crippen LogP contribution in [-0.2, 0) is 9.53 Å². The number of aliphatic imine (C=N–C) groups is 1. The monoisotopic (exact) mass is 383 g/mol. The van der Waals surface area contributed by atoms with Gasteiger partial charge in [0.1, 0.15) is 0 Å². The van der Waals surface area contributed by atoms with E-state index in [2.05, 4.69) is 4.99 Å². The summed E-state index contributed by atoms with van der Waals surface area (Å²) in [6.07, 6.45) is 1.64. The fourth-order valence-electron chi connectivity index (χ4n) is 2.71. The summed E-state index contributed by atoms with van der Waals surface area (Å²) in [6, 6.07) is 10.5. The van der Waals surface area contributed by atoms with Crippen LogP contribution in [0.5, 0.6) is 23.0 Å². The summed E-state index contributed by atoms with van der Waals surface area (Å²) in [7, 11) is 4.66. The first-order chi connectivity index (χ1) is 13.6. The second kappa shape index (κ2) is 8.47. The van der Waals surface area contributed by atoms with Crippen molar-refractivity contribution in [2.75, 3.05) is 27.9 Å². The molecule has 0 saturated heterocycles. The average Bonchev–Trinajstić information content (AvgIpc) is 3.08. The van der Waals surface area contributed by atoms with Gasteiger partial charge in [-0.3, -0.25) is 0 Å². The van der Waals surface area contributed by atoms with E-state index >= 15 is 0 Å². The zero-order valence-electron chi connectivity index (χ0n) is 16.1. The van der Waals surface area contributed by atoms with E-state index in [9.17, 15) is 4.79 Å². The van der Waals surface area contributed by atoms with E-state index in [1.54, 1.807) is 50.6 Å². The molecule has 0 radical (unpaired) electrons. The summed E-state index contributed by atoms with van der Waals surface area (Å²) in [5, 5.41) is 0. The van der Waals surface area contributed by atoms with E-state index in [1.165, 1.54) is 7.11 Å². The Labute approximate surface area is 163 Å². The predicted molar refractivity (Wildman–Crippen MR) is 104 cm³/mol. The third-order valence-electron chi connectivity index (χ3n) is 4.04. The number of carbonyl (C=O) groups excluding carboxylic acids is 1. The molecule has 2 aromatic carbocycles. The zero-order chi connectivity index (χ0) is 20.1. The number of rotatable bonds is 7. The zero-order valence-corrected chi connectivity index (χ0v) is 16.1. The van der Waals surface area contributed by atoms with E-state index < -0.39 is 5.97 Å². The second-order valence-electron chi connectivity index (χ2n) is 5.75. The Morgan fingerprint density at radius 1 is 0.929 bits per heavy atom. The molecule has 28 heavy (non-hydrogen) atoms. The predicted octanol–water partition coefficient (Wildman–Crippen LogP) is 3.46. The molecular weight excluding hydrogens is 362 g/mol. The minimum atomic E-state index is -0.529. The van der Waals surface area contributed by atoms with Crippen LogP contribution in [0.4, 0.5) is 0 Å². The van der Waals surface area contributed by atoms with Crippen LogP contribution in [0.2, 0.25) is 0 Å². The summed E-state index contributed by atoms with van der Waals surface area (Å²) in [6.45, 7) is 2.39. The van der Waals surface area contributed by atoms with Gasteiger partial charge in [-0.1, -0.05) is 6.07 Å². The van der Waals surface area contributed by atoms with Crippen LogP contribution in [0.3, 0.4) is 0 Å². The maximum absolute atomic E-state index is 12.3. The molecule has 1 aliphatic rings. The van der Waals surface area contributed by atoms with E-state index in [0.29, 0.717) is 35.2 Å². The quantitative estimate of drug-likeness (QED) is 0.538. The number of hydrogen-bond acceptors (Lipinski definition) is 7. The number of esters is 1. The highest BCUT2D eigenvalue weighted by Gasteiger charge is 2.25. The largest absolute Gasteiger partial charge is 0.493 e. The molecule has 0 aromatic heterocycles. The molecule has 0 aliphatic carbocycles. The van der Waals surface area contributed by atoms with Crippen molar-refractivity contribution < 1.29 is 28.5 Å². The number of hydrogen-bond donors (Lipinski definition) is 0. The Balaban J connectivity index is 1.93. The molecule has 0 fully saturated rings. The number of nitrogens with zero attached hydrogens (tertiary/aromatic N) is 1. The van der Waals surface area contributed by atoms with Crippen molar-refractivity contribution in [3.05, 3.63) is 53.2 Å². The number of benzene rings is 2. The Morgan fingerprint density at radius 2 is 1.61 bits per heavy atom. The van der Waals surface area contributed by atoms with Gasteiger partial charge in [0, 0.05) is 5.56 Å². The molecule has 146 valence electrons. The molecule has 0 amide bonds. The molecule has 7 heteroatoms. The van der Waals surface area contributed by atoms with Gasteiger partial charge in [-0.25, -0.2) is 9.79 Å². The molecular formula is C21H21NO6. The van der Waals surface area contributed by atoms with Crippen LogP contribution >= 0.6 is 0 Å². The van der Waals surface area contributed by atoms with E-state index in [0.717, 1.165) is 5.56 Å². The van der Waals surface area contributed by atoms with Crippen molar-refractivity contribution in [2.45, 2.75) is 6.92 Å². The van der Waals surface area contributed by atoms with Gasteiger partial charge in [-0.15, -0.1) is 0 Å². The van der Waals surface area contributed by atoms with Crippen LogP contribution in [0.1, 0.15) is 18.1 Å². The summed E-state index contributed by atoms with van der Waals surface area (Å²) in [5.41, 5.74) is 1.55. The molecule has 0 N–H and O–H groups in total. The van der Waals surface area contributed by atoms with Crippen molar-refractivity contribution in [2.24, 2.45) is 4.99 Å². The fraction of sp³-hybridized carbons (Fsp3) is 0.238. The highest BCUT2D eigenvalue weighted by atomic mass is 16.6. The van der Waals surface area contributed by atoms with Crippen molar-refractivity contribution in [3.8, 4) is 23.0 Å². The molecule has 7 nitrogen and oxygen atoms in total. The van der Waals surface area contributed by atoms with E-state index in [1.807, 2.05) is 13.0 Å². The van der Waals surface area contributed by atoms with Crippen LogP contribution in [0.15, 0.2) is 47.1 Å². The number of ether oxygens (including phenoxy) is 5. The van der Waals surface area contributed by atoms with Crippen molar-refractivity contribution in [3.63, 3.8) is 0 Å². The number of cyclic esters (lactones) is 1. The molecule has 0 atom stereocenters. The lowest BCUT2D eigenvalue weighted by Gasteiger charge is -2.09. The first kappa shape index (κ1) is 19.3. The molecule has 0 saturated carbocycles. The first-order valence-electron chi connectivity index (χ1n) is 8.65. The third-order valence-corrected chi connectivity index (χ3v) is 4.04. The highest BCUT2D eigenvalue weighted by Crippen LogP contribution is 2.31. The highest BCUT2D eigenvalue weighted by molar-refractivity contribution is 6.13. The van der Waals surface area contributed by atoms with Gasteiger partial charge in [-0.05, 0) is 48.9 Å². The van der Waals surface area contributed by atoms with Crippen LogP contribution in [0, 0.1) is 0 Å². The standard InChI is InChI=1S/C21H21NO6/c1-5-27-19-11-13(6-8-17(19)25-3)10-15-21(23)28-20(22-15)14-7-9-16(24-2)18(12-14)26-4/h6-12H,5H2,1-4H3/b15-10+. The van der Waals surface area contributed by atoms with Gasteiger partial charge in [0.2, 0.25) is 5.90 Å². The van der Waals surface area contributed by atoms with E-state index in [4.69, 9.17) is 23.7 Å². The lowest BCUT2D eigenvalue weighted by Crippen LogP contribution is -2.06. The molecule has 2 aromatic rings. The number of carbonyl (C=O) groups is 1. The third kappa shape index (κ3) is 3.93. The average molecular weight is 383 g/mol. The smallest absolute Gasteiger partial charge is 0.363 e. The first-order valence-corrected chi connectivity index (χ1v) is 8.65. The van der Waals surface area contributed by atoms with Gasteiger partial charge in [0.15, 0.2) is 28.7 Å². The summed E-state index contributed by atoms with van der Waals surface area (Å²) in [5.74, 6) is 1.98. The van der Waals surface area contributed by atoms with Crippen molar-refractivity contribution >= 4 is 17.9 Å². The fourth-order valence-corrected chi connectivity index (χ4v) is 2.71. The van der Waals surface area contributed by atoms with Gasteiger partial charge >= 0.3 is 5.97 Å². The SMILES string of the molecule is CCOc1cc(/C=C2/N=C(c3ccc(OC)c(OC)c3)OC2=O)ccc1OC. The molecule has 0 unspecified atom stereocenters. The summed E-state index contributed by atoms with van der Waals surface area (Å²) in [4.78, 5) is 16.6. The van der Waals surface area contributed by atoms with Gasteiger partial charge in [-0.2, -0.15) is 0 Å². The summed E-state index contributed by atoms with van der Waals surface area (Å²) >= 11 is 0. The molecule has 1 aliphatic heterocycles. The Morgan fingerprint density at radius 3 is 2.29 bits per heavy atom. The van der Waals surface area contributed by atoms with Gasteiger partial charge in [0.05, 0.1) is 27.9 Å². The van der Waals surface area contributed by atoms with Crippen LogP contribution < -0.4 is 18.9 Å². The lowest BCUT2D eigenvalue weighted by molar-refractivity contribution is -0.129. The Bertz CT molecular complexity index is 948. The lowest BCUT2D eigenvalue weighted by atomic mass is 10.1. The second-order valence-corrected chi connectivity index (χ2v) is 5.75. The maximum Gasteiger partial charge on any atom is 0.363 e. The van der Waals surface area contributed by atoms with Crippen LogP contribution in [0.25, 0.3) is 6.08 Å². The molecule has 3 rings (SSSR count). The topological polar surface area (TPSA) is 75.6 Å². The molecule has 1 heterocycles. The minimum Gasteiger partial charge on any atom is -0.493 e. The van der Waals surface area contributed by atoms with Crippen molar-refractivity contribution in [1.82, 2.24) is 0 Å². The van der Waals surface area contributed by atoms with Gasteiger partial charge < -0.3 is 23.7 Å². The normalized spacial score (nSPS) is 14.5. The summed E-state index contributed by atoms with van der Waals surface area (Å²) < 4.78 is 26.7. The minimum absolute atomic E-state index is 0.192. The molecule has 0 bridgehead atoms. The van der Waals surface area contributed by atoms with Gasteiger partial charge in [0.25, 0.3) is 0 Å². The Hall–Kier alpha value is -3.48. The maximum atomic E-state index is 12.3.